The minimum absolute atomic E-state index is 0.927. The molecule has 0 bridgehead atoms. The number of hydrogen-bond donors (Lipinski definition) is 1. The van der Waals surface area contributed by atoms with Crippen LogP contribution in [0, 0.1) is 6.92 Å². The van der Waals surface area contributed by atoms with E-state index < -0.39 is 0 Å². The quantitative estimate of drug-likeness (QED) is 0.444. The second kappa shape index (κ2) is 8.20. The first kappa shape index (κ1) is 18.8. The monoisotopic (exact) mass is 429 g/mol. The van der Waals surface area contributed by atoms with Crippen molar-refractivity contribution in [2.75, 3.05) is 5.32 Å². The zero-order valence-corrected chi connectivity index (χ0v) is 17.7. The van der Waals surface area contributed by atoms with Gasteiger partial charge in [0.15, 0.2) is 0 Å². The third-order valence-electron chi connectivity index (χ3n) is 5.38. The molecule has 1 nitrogen and oxygen atoms in total. The number of allylic oxidation sites excluding steroid dienone is 1. The molecule has 0 atom stereocenters. The van der Waals surface area contributed by atoms with E-state index in [0.29, 0.717) is 0 Å². The molecule has 0 aromatic heterocycles. The molecule has 1 aliphatic rings. The highest BCUT2D eigenvalue weighted by atomic mass is 79.9. The lowest BCUT2D eigenvalue weighted by Gasteiger charge is -2.18. The van der Waals surface area contributed by atoms with Crippen molar-refractivity contribution in [1.82, 2.24) is 0 Å². The van der Waals surface area contributed by atoms with Crippen molar-refractivity contribution in [1.29, 1.82) is 0 Å². The topological polar surface area (TPSA) is 12.0 Å². The SMILES string of the molecule is C=C(Nc1ccccc1C)c1ccc(CC2=Cc3cccc(Br)c3CC2)cc1. The first-order valence-corrected chi connectivity index (χ1v) is 10.5. The Kier molecular flexibility index (Phi) is 5.50. The molecule has 0 unspecified atom stereocenters. The number of rotatable bonds is 5. The molecular weight excluding hydrogens is 406 g/mol. The Morgan fingerprint density at radius 2 is 1.75 bits per heavy atom. The van der Waals surface area contributed by atoms with Crippen LogP contribution < -0.4 is 5.32 Å². The molecule has 0 saturated carbocycles. The van der Waals surface area contributed by atoms with Gasteiger partial charge < -0.3 is 5.32 Å². The molecule has 4 rings (SSSR count). The van der Waals surface area contributed by atoms with Crippen LogP contribution in [0.1, 0.15) is 34.2 Å². The van der Waals surface area contributed by atoms with Gasteiger partial charge in [-0.1, -0.05) is 88.8 Å². The molecule has 0 fully saturated rings. The van der Waals surface area contributed by atoms with Crippen LogP contribution in [0.25, 0.3) is 11.8 Å². The van der Waals surface area contributed by atoms with Gasteiger partial charge in [-0.05, 0) is 66.1 Å². The highest BCUT2D eigenvalue weighted by Crippen LogP contribution is 2.31. The second-order valence-electron chi connectivity index (χ2n) is 7.40. The molecule has 28 heavy (non-hydrogen) atoms. The van der Waals surface area contributed by atoms with E-state index in [1.54, 1.807) is 0 Å². The molecule has 1 aliphatic carbocycles. The summed E-state index contributed by atoms with van der Waals surface area (Å²) in [6.07, 6.45) is 5.59. The van der Waals surface area contributed by atoms with E-state index in [1.165, 1.54) is 32.3 Å². The molecule has 1 N–H and O–H groups in total. The van der Waals surface area contributed by atoms with Gasteiger partial charge in [0.2, 0.25) is 0 Å². The van der Waals surface area contributed by atoms with Gasteiger partial charge in [0.25, 0.3) is 0 Å². The van der Waals surface area contributed by atoms with Crippen LogP contribution in [0.2, 0.25) is 0 Å². The van der Waals surface area contributed by atoms with E-state index in [4.69, 9.17) is 0 Å². The lowest BCUT2D eigenvalue weighted by atomic mass is 9.89. The summed E-state index contributed by atoms with van der Waals surface area (Å²) in [5.41, 5.74) is 10.00. The van der Waals surface area contributed by atoms with Gasteiger partial charge in [-0.2, -0.15) is 0 Å². The van der Waals surface area contributed by atoms with Crippen LogP contribution in [0.3, 0.4) is 0 Å². The van der Waals surface area contributed by atoms with Crippen LogP contribution in [-0.2, 0) is 12.8 Å². The van der Waals surface area contributed by atoms with Gasteiger partial charge in [-0.3, -0.25) is 0 Å². The number of benzene rings is 3. The molecule has 0 amide bonds. The molecule has 3 aromatic rings. The Morgan fingerprint density at radius 1 is 0.964 bits per heavy atom. The number of aryl methyl sites for hydroxylation is 1. The Bertz CT molecular complexity index is 1040. The van der Waals surface area contributed by atoms with E-state index in [2.05, 4.69) is 101 Å². The van der Waals surface area contributed by atoms with Crippen molar-refractivity contribution >= 4 is 33.4 Å². The summed E-state index contributed by atoms with van der Waals surface area (Å²) < 4.78 is 1.23. The molecule has 3 aromatic carbocycles. The van der Waals surface area contributed by atoms with E-state index in [1.807, 2.05) is 6.07 Å². The summed E-state index contributed by atoms with van der Waals surface area (Å²) in [7, 11) is 0. The average Bonchev–Trinajstić information content (AvgIpc) is 2.70. The number of anilines is 1. The molecular formula is C26H24BrN. The highest BCUT2D eigenvalue weighted by Gasteiger charge is 2.13. The fourth-order valence-electron chi connectivity index (χ4n) is 3.73. The molecule has 140 valence electrons. The number of fused-ring (bicyclic) bond motifs is 1. The normalized spacial score (nSPS) is 12.9. The number of para-hydroxylation sites is 1. The maximum Gasteiger partial charge on any atom is 0.0413 e. The van der Waals surface area contributed by atoms with Crippen molar-refractivity contribution in [2.45, 2.75) is 26.2 Å². The van der Waals surface area contributed by atoms with Crippen LogP contribution in [0.4, 0.5) is 5.69 Å². The van der Waals surface area contributed by atoms with Crippen LogP contribution in [0.15, 0.2) is 83.4 Å². The molecule has 0 aliphatic heterocycles. The maximum atomic E-state index is 4.21. The van der Waals surface area contributed by atoms with E-state index in [0.717, 1.165) is 36.2 Å². The number of hydrogen-bond acceptors (Lipinski definition) is 1. The lowest BCUT2D eigenvalue weighted by molar-refractivity contribution is 0.884. The van der Waals surface area contributed by atoms with E-state index in [9.17, 15) is 0 Å². The zero-order chi connectivity index (χ0) is 19.5. The first-order chi connectivity index (χ1) is 13.6. The van der Waals surface area contributed by atoms with Crippen LogP contribution in [0.5, 0.6) is 0 Å². The fraction of sp³-hybridized carbons (Fsp3) is 0.154. The molecule has 0 heterocycles. The number of nitrogens with one attached hydrogen (secondary N) is 1. The minimum Gasteiger partial charge on any atom is -0.355 e. The van der Waals surface area contributed by atoms with Crippen LogP contribution >= 0.6 is 15.9 Å². The van der Waals surface area contributed by atoms with Gasteiger partial charge in [-0.15, -0.1) is 0 Å². The van der Waals surface area contributed by atoms with Gasteiger partial charge in [-0.25, -0.2) is 0 Å². The summed E-state index contributed by atoms with van der Waals surface area (Å²) in [4.78, 5) is 0. The largest absolute Gasteiger partial charge is 0.355 e. The summed E-state index contributed by atoms with van der Waals surface area (Å²) in [6.45, 7) is 6.32. The van der Waals surface area contributed by atoms with Crippen molar-refractivity contribution in [3.05, 3.63) is 111 Å². The third kappa shape index (κ3) is 4.13. The third-order valence-corrected chi connectivity index (χ3v) is 6.12. The second-order valence-corrected chi connectivity index (χ2v) is 8.26. The Labute approximate surface area is 175 Å². The molecule has 0 spiro atoms. The Morgan fingerprint density at radius 3 is 2.54 bits per heavy atom. The zero-order valence-electron chi connectivity index (χ0n) is 16.1. The smallest absolute Gasteiger partial charge is 0.0413 e. The molecule has 0 saturated heterocycles. The lowest BCUT2D eigenvalue weighted by Crippen LogP contribution is -2.03. The van der Waals surface area contributed by atoms with Gasteiger partial charge >= 0.3 is 0 Å². The minimum atomic E-state index is 0.927. The maximum absolute atomic E-state index is 4.21. The summed E-state index contributed by atoms with van der Waals surface area (Å²) in [5.74, 6) is 0. The first-order valence-electron chi connectivity index (χ1n) is 9.68. The standard InChI is InChI=1S/C26H24BrN/c1-18-6-3-4-9-26(18)28-19(2)22-13-10-20(11-14-22)16-21-12-15-24-23(17-21)7-5-8-25(24)27/h3-11,13-14,17,28H,2,12,15-16H2,1H3. The van der Waals surface area contributed by atoms with Gasteiger partial charge in [0, 0.05) is 15.9 Å². The predicted molar refractivity (Wildman–Crippen MR) is 124 cm³/mol. The van der Waals surface area contributed by atoms with Crippen molar-refractivity contribution in [2.24, 2.45) is 0 Å². The predicted octanol–water partition coefficient (Wildman–Crippen LogP) is 7.41. The van der Waals surface area contributed by atoms with Crippen LogP contribution in [-0.4, -0.2) is 0 Å². The average molecular weight is 430 g/mol. The Balaban J connectivity index is 1.45. The van der Waals surface area contributed by atoms with E-state index >= 15 is 0 Å². The molecule has 2 heteroatoms. The summed E-state index contributed by atoms with van der Waals surface area (Å²) in [5, 5.41) is 3.43. The van der Waals surface area contributed by atoms with Gasteiger partial charge in [0.05, 0.1) is 0 Å². The molecule has 0 radical (unpaired) electrons. The van der Waals surface area contributed by atoms with Crippen molar-refractivity contribution in [3.63, 3.8) is 0 Å². The van der Waals surface area contributed by atoms with Crippen molar-refractivity contribution < 1.29 is 0 Å². The summed E-state index contributed by atoms with van der Waals surface area (Å²) >= 11 is 3.67. The number of halogens is 1. The van der Waals surface area contributed by atoms with E-state index in [-0.39, 0.29) is 0 Å². The Hall–Kier alpha value is -2.58. The fourth-order valence-corrected chi connectivity index (χ4v) is 4.31. The van der Waals surface area contributed by atoms with Gasteiger partial charge in [0.1, 0.15) is 0 Å². The van der Waals surface area contributed by atoms with Crippen molar-refractivity contribution in [3.8, 4) is 0 Å². The summed E-state index contributed by atoms with van der Waals surface area (Å²) in [6, 6.07) is 23.5. The highest BCUT2D eigenvalue weighted by molar-refractivity contribution is 9.10.